The maximum atomic E-state index is 12.1. The first kappa shape index (κ1) is 14.4. The summed E-state index contributed by atoms with van der Waals surface area (Å²) in [5.41, 5.74) is 3.17. The molecule has 3 rings (SSSR count). The number of fused-ring (bicyclic) bond motifs is 1. The van der Waals surface area contributed by atoms with E-state index in [1.54, 1.807) is 18.2 Å². The monoisotopic (exact) mass is 311 g/mol. The number of anilines is 1. The van der Waals surface area contributed by atoms with E-state index >= 15 is 0 Å². The molecule has 1 heterocycles. The molecule has 0 spiro atoms. The largest absolute Gasteiger partial charge is 0.490 e. The molecule has 0 radical (unpaired) electrons. The Labute approximate surface area is 133 Å². The normalized spacial score (nSPS) is 14.6. The van der Waals surface area contributed by atoms with Gasteiger partial charge in [-0.05, 0) is 35.9 Å². The van der Waals surface area contributed by atoms with Crippen molar-refractivity contribution in [3.8, 4) is 5.75 Å². The van der Waals surface area contributed by atoms with Gasteiger partial charge in [0.05, 0.1) is 5.69 Å². The molecule has 4 heteroatoms. The van der Waals surface area contributed by atoms with Crippen LogP contribution in [0.1, 0.15) is 11.1 Å². The molecule has 0 aromatic heterocycles. The summed E-state index contributed by atoms with van der Waals surface area (Å²) in [6.07, 6.45) is 3.55. The van der Waals surface area contributed by atoms with Gasteiger partial charge in [0.2, 0.25) is 0 Å². The zero-order valence-electron chi connectivity index (χ0n) is 11.8. The number of hydrogen-bond acceptors (Lipinski definition) is 2. The Bertz CT molecular complexity index is 763. The molecule has 0 unspecified atom stereocenters. The maximum Gasteiger partial charge on any atom is 0.256 e. The van der Waals surface area contributed by atoms with Crippen LogP contribution in [0.3, 0.4) is 0 Å². The maximum absolute atomic E-state index is 12.1. The fourth-order valence-corrected chi connectivity index (χ4v) is 2.46. The van der Waals surface area contributed by atoms with Crippen molar-refractivity contribution in [3.63, 3.8) is 0 Å². The molecule has 2 aromatic carbocycles. The number of nitrogens with one attached hydrogen (secondary N) is 1. The van der Waals surface area contributed by atoms with E-state index in [2.05, 4.69) is 11.9 Å². The summed E-state index contributed by atoms with van der Waals surface area (Å²) in [5, 5.41) is 3.42. The predicted octanol–water partition coefficient (Wildman–Crippen LogP) is 4.40. The minimum atomic E-state index is -0.121. The van der Waals surface area contributed by atoms with Crippen LogP contribution >= 0.6 is 11.6 Å². The molecular formula is C18H14ClNO2. The van der Waals surface area contributed by atoms with E-state index in [0.29, 0.717) is 17.2 Å². The van der Waals surface area contributed by atoms with E-state index in [1.165, 1.54) is 0 Å². The van der Waals surface area contributed by atoms with E-state index in [9.17, 15) is 4.79 Å². The second-order valence-electron chi connectivity index (χ2n) is 4.87. The highest BCUT2D eigenvalue weighted by molar-refractivity contribution is 6.36. The van der Waals surface area contributed by atoms with Crippen LogP contribution in [-0.4, -0.2) is 12.5 Å². The van der Waals surface area contributed by atoms with Crippen LogP contribution in [0.2, 0.25) is 5.02 Å². The highest BCUT2D eigenvalue weighted by Gasteiger charge is 2.23. The van der Waals surface area contributed by atoms with E-state index in [1.807, 2.05) is 36.4 Å². The molecule has 22 heavy (non-hydrogen) atoms. The topological polar surface area (TPSA) is 38.3 Å². The summed E-state index contributed by atoms with van der Waals surface area (Å²) in [6.45, 7) is 4.08. The Morgan fingerprint density at radius 3 is 2.68 bits per heavy atom. The van der Waals surface area contributed by atoms with Gasteiger partial charge < -0.3 is 10.1 Å². The van der Waals surface area contributed by atoms with Crippen LogP contribution in [0.25, 0.3) is 11.6 Å². The molecule has 0 saturated carbocycles. The first-order chi connectivity index (χ1) is 10.7. The Balaban J connectivity index is 1.89. The van der Waals surface area contributed by atoms with Gasteiger partial charge in [-0.1, -0.05) is 42.5 Å². The van der Waals surface area contributed by atoms with Crippen LogP contribution in [0.5, 0.6) is 5.75 Å². The molecule has 1 aliphatic rings. The molecule has 0 fully saturated rings. The number of halogens is 1. The highest BCUT2D eigenvalue weighted by atomic mass is 35.5. The summed E-state index contributed by atoms with van der Waals surface area (Å²) in [7, 11) is 0. The van der Waals surface area contributed by atoms with E-state index < -0.39 is 0 Å². The van der Waals surface area contributed by atoms with E-state index in [-0.39, 0.29) is 5.91 Å². The minimum absolute atomic E-state index is 0.121. The van der Waals surface area contributed by atoms with Crippen LogP contribution in [-0.2, 0) is 4.79 Å². The molecular weight excluding hydrogens is 298 g/mol. The fraction of sp³-hybridized carbons (Fsp3) is 0.0556. The zero-order valence-corrected chi connectivity index (χ0v) is 12.6. The summed E-state index contributed by atoms with van der Waals surface area (Å²) in [5.74, 6) is 0.648. The average molecular weight is 312 g/mol. The van der Waals surface area contributed by atoms with Crippen molar-refractivity contribution >= 4 is 34.8 Å². The summed E-state index contributed by atoms with van der Waals surface area (Å²) in [4.78, 5) is 12.1. The smallest absolute Gasteiger partial charge is 0.256 e. The number of carbonyl (C=O) groups is 1. The SMILES string of the molecule is C=CCOc1ccc(/C=C2/C(=O)Nc3cc(Cl)ccc32)cc1. The summed E-state index contributed by atoms with van der Waals surface area (Å²) < 4.78 is 5.44. The highest BCUT2D eigenvalue weighted by Crippen LogP contribution is 2.34. The average Bonchev–Trinajstić information content (AvgIpc) is 2.81. The first-order valence-corrected chi connectivity index (χ1v) is 7.22. The Morgan fingerprint density at radius 1 is 1.18 bits per heavy atom. The van der Waals surface area contributed by atoms with Crippen molar-refractivity contribution in [1.29, 1.82) is 0 Å². The molecule has 1 aliphatic heterocycles. The van der Waals surface area contributed by atoms with Gasteiger partial charge >= 0.3 is 0 Å². The van der Waals surface area contributed by atoms with Crippen molar-refractivity contribution in [1.82, 2.24) is 0 Å². The molecule has 0 aliphatic carbocycles. The Hall–Kier alpha value is -2.52. The van der Waals surface area contributed by atoms with Gasteiger partial charge in [0.25, 0.3) is 5.91 Å². The molecule has 3 nitrogen and oxygen atoms in total. The van der Waals surface area contributed by atoms with Crippen molar-refractivity contribution < 1.29 is 9.53 Å². The number of rotatable bonds is 4. The molecule has 0 bridgehead atoms. The van der Waals surface area contributed by atoms with Gasteiger partial charge in [0, 0.05) is 16.2 Å². The van der Waals surface area contributed by atoms with Crippen molar-refractivity contribution in [2.75, 3.05) is 11.9 Å². The third-order valence-corrected chi connectivity index (χ3v) is 3.56. The van der Waals surface area contributed by atoms with Gasteiger partial charge in [-0.15, -0.1) is 0 Å². The molecule has 2 aromatic rings. The van der Waals surface area contributed by atoms with Gasteiger partial charge in [-0.25, -0.2) is 0 Å². The van der Waals surface area contributed by atoms with Gasteiger partial charge in [0.1, 0.15) is 12.4 Å². The van der Waals surface area contributed by atoms with Gasteiger partial charge in [-0.2, -0.15) is 0 Å². The number of ether oxygens (including phenoxy) is 1. The number of benzene rings is 2. The predicted molar refractivity (Wildman–Crippen MR) is 90.1 cm³/mol. The van der Waals surface area contributed by atoms with Gasteiger partial charge in [0.15, 0.2) is 0 Å². The summed E-state index contributed by atoms with van der Waals surface area (Å²) >= 11 is 5.95. The van der Waals surface area contributed by atoms with Crippen LogP contribution in [0.15, 0.2) is 55.1 Å². The minimum Gasteiger partial charge on any atom is -0.490 e. The lowest BCUT2D eigenvalue weighted by molar-refractivity contribution is -0.110. The second kappa shape index (κ2) is 6.08. The number of carbonyl (C=O) groups excluding carboxylic acids is 1. The summed E-state index contributed by atoms with van der Waals surface area (Å²) in [6, 6.07) is 12.9. The third kappa shape index (κ3) is 2.90. The third-order valence-electron chi connectivity index (χ3n) is 3.32. The number of hydrogen-bond donors (Lipinski definition) is 1. The standard InChI is InChI=1S/C18H14ClNO2/c1-2-9-22-14-6-3-12(4-7-14)10-16-15-8-5-13(19)11-17(15)20-18(16)21/h2-8,10-11H,1,9H2,(H,20,21)/b16-10+. The lowest BCUT2D eigenvalue weighted by atomic mass is 10.0. The van der Waals surface area contributed by atoms with Crippen molar-refractivity contribution in [2.24, 2.45) is 0 Å². The fourth-order valence-electron chi connectivity index (χ4n) is 2.29. The molecule has 1 N–H and O–H groups in total. The Morgan fingerprint density at radius 2 is 1.95 bits per heavy atom. The molecule has 0 saturated heterocycles. The molecule has 0 atom stereocenters. The first-order valence-electron chi connectivity index (χ1n) is 6.84. The lowest BCUT2D eigenvalue weighted by Crippen LogP contribution is -2.03. The van der Waals surface area contributed by atoms with Crippen LogP contribution in [0, 0.1) is 0 Å². The zero-order chi connectivity index (χ0) is 15.5. The van der Waals surface area contributed by atoms with Gasteiger partial charge in [-0.3, -0.25) is 4.79 Å². The van der Waals surface area contributed by atoms with Crippen LogP contribution < -0.4 is 10.1 Å². The molecule has 110 valence electrons. The Kier molecular flexibility index (Phi) is 3.98. The van der Waals surface area contributed by atoms with E-state index in [0.717, 1.165) is 22.6 Å². The quantitative estimate of drug-likeness (QED) is 0.671. The lowest BCUT2D eigenvalue weighted by Gasteiger charge is -2.03. The van der Waals surface area contributed by atoms with Crippen molar-refractivity contribution in [2.45, 2.75) is 0 Å². The van der Waals surface area contributed by atoms with Crippen molar-refractivity contribution in [3.05, 3.63) is 71.3 Å². The molecule has 1 amide bonds. The van der Waals surface area contributed by atoms with Crippen LogP contribution in [0.4, 0.5) is 5.69 Å². The number of amides is 1. The van der Waals surface area contributed by atoms with E-state index in [4.69, 9.17) is 16.3 Å². The second-order valence-corrected chi connectivity index (χ2v) is 5.31.